The van der Waals surface area contributed by atoms with Crippen LogP contribution < -0.4 is 14.8 Å². The third kappa shape index (κ3) is 6.92. The van der Waals surface area contributed by atoms with Crippen LogP contribution in [0.5, 0.6) is 0 Å². The molecule has 1 aliphatic heterocycles. The first-order chi connectivity index (χ1) is 24.1. The minimum absolute atomic E-state index is 0.0237. The number of aliphatic carboxylic acids is 1. The number of carboxylic acid groups (broad SMARTS) is 1. The summed E-state index contributed by atoms with van der Waals surface area (Å²) in [7, 11) is -4.82. The van der Waals surface area contributed by atoms with Crippen molar-refractivity contribution in [3.63, 3.8) is 0 Å². The molecule has 0 saturated carbocycles. The Morgan fingerprint density at radius 1 is 0.820 bits per heavy atom. The second kappa shape index (κ2) is 14.7. The number of carbonyl (C=O) groups is 1. The summed E-state index contributed by atoms with van der Waals surface area (Å²) in [6.07, 6.45) is 2.11. The second-order valence-corrected chi connectivity index (χ2v) is 13.5. The molecule has 2 aliphatic rings. The standard InChI is InChI=1S/C41H40N2O6S/c1-4-28-14-7-10-17-35(28)42(6-3)30-21-23-32-37(26-30)49-38-27-31(43(25-13-20-40(44)45)36-18-11-8-15-29(36)5-2)22-24-33(38)41(32)34-16-9-12-19-39(34)50(46,47)48/h7-12,14-19,21-24,26-27H,4-6,13,20,25H2,1-3H3,(H-,44,45,46,47,48). The van der Waals surface area contributed by atoms with Crippen molar-refractivity contribution in [3.05, 3.63) is 126 Å². The quantitative estimate of drug-likeness (QED) is 0.0781. The number of rotatable bonds is 12. The van der Waals surface area contributed by atoms with Crippen LogP contribution in [0.1, 0.15) is 44.7 Å². The summed E-state index contributed by atoms with van der Waals surface area (Å²) in [4.78, 5) is 13.4. The van der Waals surface area contributed by atoms with E-state index in [1.54, 1.807) is 18.2 Å². The van der Waals surface area contributed by atoms with Crippen molar-refractivity contribution in [1.82, 2.24) is 4.58 Å². The monoisotopic (exact) mass is 688 g/mol. The van der Waals surface area contributed by atoms with Gasteiger partial charge < -0.3 is 19.0 Å². The van der Waals surface area contributed by atoms with E-state index in [9.17, 15) is 22.9 Å². The van der Waals surface area contributed by atoms with Gasteiger partial charge in [0.1, 0.15) is 28.0 Å². The first-order valence-electron chi connectivity index (χ1n) is 17.0. The summed E-state index contributed by atoms with van der Waals surface area (Å²) in [6.45, 7) is 7.46. The maximum Gasteiger partial charge on any atom is 0.303 e. The number of carboxylic acids is 1. The molecule has 1 N–H and O–H groups in total. The lowest BCUT2D eigenvalue weighted by Crippen LogP contribution is -2.28. The van der Waals surface area contributed by atoms with Gasteiger partial charge in [-0.1, -0.05) is 68.4 Å². The van der Waals surface area contributed by atoms with E-state index in [-0.39, 0.29) is 11.3 Å². The van der Waals surface area contributed by atoms with E-state index in [4.69, 9.17) is 4.42 Å². The fraction of sp³-hybridized carbons (Fsp3) is 0.220. The lowest BCUT2D eigenvalue weighted by Gasteiger charge is -2.26. The van der Waals surface area contributed by atoms with E-state index in [2.05, 4.69) is 48.4 Å². The Morgan fingerprint density at radius 3 is 2.24 bits per heavy atom. The molecule has 0 unspecified atom stereocenters. The van der Waals surface area contributed by atoms with Crippen molar-refractivity contribution < 1.29 is 27.3 Å². The summed E-state index contributed by atoms with van der Waals surface area (Å²) < 4.78 is 46.5. The van der Waals surface area contributed by atoms with Crippen LogP contribution in [0.15, 0.2) is 119 Å². The highest BCUT2D eigenvalue weighted by atomic mass is 32.2. The van der Waals surface area contributed by atoms with Crippen molar-refractivity contribution in [2.45, 2.75) is 51.3 Å². The zero-order valence-electron chi connectivity index (χ0n) is 28.4. The van der Waals surface area contributed by atoms with E-state index in [0.29, 0.717) is 52.9 Å². The smallest absolute Gasteiger partial charge is 0.303 e. The Bertz CT molecular complexity index is 2340. The van der Waals surface area contributed by atoms with Gasteiger partial charge in [0.2, 0.25) is 11.0 Å². The number of anilines is 2. The highest BCUT2D eigenvalue weighted by Gasteiger charge is 2.24. The highest BCUT2D eigenvalue weighted by Crippen LogP contribution is 2.43. The first kappa shape index (κ1) is 34.6. The molecule has 0 spiro atoms. The molecule has 1 heterocycles. The second-order valence-electron chi connectivity index (χ2n) is 12.1. The average molecular weight is 689 g/mol. The Balaban J connectivity index is 1.68. The van der Waals surface area contributed by atoms with Crippen LogP contribution in [0.25, 0.3) is 33.4 Å². The topological polar surface area (TPSA) is 114 Å². The molecule has 0 saturated heterocycles. The van der Waals surface area contributed by atoms with Gasteiger partial charge in [0.25, 0.3) is 0 Å². The molecule has 0 aromatic heterocycles. The van der Waals surface area contributed by atoms with Gasteiger partial charge in [0.05, 0.1) is 17.4 Å². The van der Waals surface area contributed by atoms with Crippen molar-refractivity contribution in [2.24, 2.45) is 0 Å². The van der Waals surface area contributed by atoms with E-state index in [0.717, 1.165) is 40.8 Å². The molecule has 4 aromatic rings. The molecule has 9 heteroatoms. The predicted molar refractivity (Wildman–Crippen MR) is 197 cm³/mol. The number of para-hydroxylation sites is 2. The Kier molecular flexibility index (Phi) is 10.2. The van der Waals surface area contributed by atoms with Crippen molar-refractivity contribution in [2.75, 3.05) is 18.0 Å². The first-order valence-corrected chi connectivity index (χ1v) is 18.4. The third-order valence-corrected chi connectivity index (χ3v) is 10.0. The Labute approximate surface area is 292 Å². The summed E-state index contributed by atoms with van der Waals surface area (Å²) in [5, 5.41) is 10.9. The molecule has 256 valence electrons. The van der Waals surface area contributed by atoms with Gasteiger partial charge in [0.15, 0.2) is 0 Å². The zero-order chi connectivity index (χ0) is 35.4. The van der Waals surface area contributed by atoms with Gasteiger partial charge >= 0.3 is 5.97 Å². The molecule has 8 nitrogen and oxygen atoms in total. The molecule has 4 aromatic carbocycles. The fourth-order valence-corrected chi connectivity index (χ4v) is 7.48. The van der Waals surface area contributed by atoms with E-state index >= 15 is 0 Å². The van der Waals surface area contributed by atoms with Gasteiger partial charge in [-0.05, 0) is 55.7 Å². The van der Waals surface area contributed by atoms with E-state index in [1.807, 2.05) is 66.7 Å². The molecule has 0 atom stereocenters. The zero-order valence-corrected chi connectivity index (χ0v) is 29.2. The SMILES string of the molecule is CCc1ccccc1N(CC)c1ccc2c(-c3ccccc3S(=O)(=O)[O-])c3ccc(=[N+](CCCC(=O)O)c4ccccc4CC)cc-3oc2c1. The van der Waals surface area contributed by atoms with Crippen LogP contribution in [-0.2, 0) is 27.8 Å². The summed E-state index contributed by atoms with van der Waals surface area (Å²) in [6, 6.07) is 34.2. The molecule has 1 aliphatic carbocycles. The summed E-state index contributed by atoms with van der Waals surface area (Å²) >= 11 is 0. The van der Waals surface area contributed by atoms with Crippen molar-refractivity contribution in [1.29, 1.82) is 0 Å². The number of fused-ring (bicyclic) bond motifs is 2. The van der Waals surface area contributed by atoms with Crippen LogP contribution >= 0.6 is 0 Å². The highest BCUT2D eigenvalue weighted by molar-refractivity contribution is 7.85. The molecule has 6 rings (SSSR count). The summed E-state index contributed by atoms with van der Waals surface area (Å²) in [5.41, 5.74) is 7.34. The van der Waals surface area contributed by atoms with Crippen molar-refractivity contribution >= 4 is 44.1 Å². The van der Waals surface area contributed by atoms with Crippen LogP contribution in [0.2, 0.25) is 0 Å². The fourth-order valence-electron chi connectivity index (χ4n) is 6.80. The minimum Gasteiger partial charge on any atom is -0.744 e. The van der Waals surface area contributed by atoms with Gasteiger partial charge in [-0.2, -0.15) is 4.58 Å². The minimum atomic E-state index is -4.82. The molecular weight excluding hydrogens is 649 g/mol. The lowest BCUT2D eigenvalue weighted by atomic mass is 9.93. The van der Waals surface area contributed by atoms with Crippen LogP contribution in [0.4, 0.5) is 17.1 Å². The molecular formula is C41H40N2O6S. The average Bonchev–Trinajstić information content (AvgIpc) is 3.12. The molecule has 0 fully saturated rings. The molecule has 50 heavy (non-hydrogen) atoms. The molecule has 0 amide bonds. The van der Waals surface area contributed by atoms with Crippen molar-refractivity contribution in [3.8, 4) is 22.5 Å². The lowest BCUT2D eigenvalue weighted by molar-refractivity contribution is -0.137. The maximum atomic E-state index is 12.6. The maximum absolute atomic E-state index is 12.6. The van der Waals surface area contributed by atoms with Gasteiger partial charge in [0, 0.05) is 70.2 Å². The number of nitrogens with zero attached hydrogens (tertiary/aromatic N) is 2. The normalized spacial score (nSPS) is 12.3. The largest absolute Gasteiger partial charge is 0.744 e. The Hall–Kier alpha value is -5.25. The molecule has 0 radical (unpaired) electrons. The van der Waals surface area contributed by atoms with Crippen LogP contribution in [0.3, 0.4) is 0 Å². The number of hydrogen-bond donors (Lipinski definition) is 1. The molecule has 0 bridgehead atoms. The third-order valence-electron chi connectivity index (χ3n) is 9.15. The number of hydrogen-bond acceptors (Lipinski definition) is 6. The van der Waals surface area contributed by atoms with Crippen LogP contribution in [0, 0.1) is 0 Å². The van der Waals surface area contributed by atoms with Gasteiger partial charge in [-0.25, -0.2) is 8.42 Å². The van der Waals surface area contributed by atoms with Crippen LogP contribution in [-0.4, -0.2) is 37.1 Å². The Morgan fingerprint density at radius 2 is 1.52 bits per heavy atom. The predicted octanol–water partition coefficient (Wildman–Crippen LogP) is 8.36. The van der Waals surface area contributed by atoms with E-state index in [1.165, 1.54) is 11.6 Å². The summed E-state index contributed by atoms with van der Waals surface area (Å²) in [5.74, 6) is -0.363. The van der Waals surface area contributed by atoms with Gasteiger partial charge in [-0.15, -0.1) is 0 Å². The number of aryl methyl sites for hydroxylation is 2. The van der Waals surface area contributed by atoms with Gasteiger partial charge in [-0.3, -0.25) is 4.79 Å². The van der Waals surface area contributed by atoms with E-state index < -0.39 is 16.1 Å². The number of benzene rings is 5.